The fourth-order valence-electron chi connectivity index (χ4n) is 2.40. The highest BCUT2D eigenvalue weighted by Crippen LogP contribution is 2.24. The van der Waals surface area contributed by atoms with Crippen molar-refractivity contribution in [2.24, 2.45) is 5.92 Å². The molecule has 98 valence electrons. The lowest BCUT2D eigenvalue weighted by Crippen LogP contribution is -2.35. The zero-order chi connectivity index (χ0) is 13.1. The zero-order valence-corrected chi connectivity index (χ0v) is 11.2. The Bertz CT molecular complexity index is 421. The molecule has 0 unspecified atom stereocenters. The summed E-state index contributed by atoms with van der Waals surface area (Å²) in [5.74, 6) is 0.187. The van der Waals surface area contributed by atoms with Gasteiger partial charge in [-0.25, -0.2) is 4.39 Å². The van der Waals surface area contributed by atoms with Crippen molar-refractivity contribution in [3.05, 3.63) is 34.6 Å². The zero-order valence-electron chi connectivity index (χ0n) is 10.5. The van der Waals surface area contributed by atoms with E-state index >= 15 is 0 Å². The number of piperidine rings is 1. The van der Waals surface area contributed by atoms with Gasteiger partial charge in [0.2, 0.25) is 0 Å². The van der Waals surface area contributed by atoms with Crippen molar-refractivity contribution in [2.75, 3.05) is 13.1 Å². The van der Waals surface area contributed by atoms with Crippen LogP contribution in [-0.4, -0.2) is 23.8 Å². The van der Waals surface area contributed by atoms with E-state index in [2.05, 4.69) is 4.90 Å². The van der Waals surface area contributed by atoms with Crippen LogP contribution in [0.3, 0.4) is 0 Å². The standard InChI is InChI=1S/C14H17ClFNO/c1-10(18)11-5-7-17(8-6-11)9-12-13(15)3-2-4-14(12)16/h2-4,11H,5-9H2,1H3. The normalized spacial score (nSPS) is 17.9. The Hall–Kier alpha value is -0.930. The van der Waals surface area contributed by atoms with Gasteiger partial charge in [0.05, 0.1) is 0 Å². The minimum absolute atomic E-state index is 0.178. The Morgan fingerprint density at radius 2 is 2.11 bits per heavy atom. The molecule has 1 heterocycles. The Kier molecular flexibility index (Phi) is 4.36. The van der Waals surface area contributed by atoms with E-state index < -0.39 is 0 Å². The van der Waals surface area contributed by atoms with Crippen molar-refractivity contribution in [1.29, 1.82) is 0 Å². The van der Waals surface area contributed by atoms with Gasteiger partial charge < -0.3 is 0 Å². The van der Waals surface area contributed by atoms with Crippen molar-refractivity contribution in [3.63, 3.8) is 0 Å². The second kappa shape index (κ2) is 5.81. The molecule has 2 nitrogen and oxygen atoms in total. The van der Waals surface area contributed by atoms with Crippen LogP contribution in [0.1, 0.15) is 25.3 Å². The molecule has 1 saturated heterocycles. The van der Waals surface area contributed by atoms with Gasteiger partial charge >= 0.3 is 0 Å². The summed E-state index contributed by atoms with van der Waals surface area (Å²) in [7, 11) is 0. The monoisotopic (exact) mass is 269 g/mol. The highest BCUT2D eigenvalue weighted by atomic mass is 35.5. The molecule has 0 amide bonds. The number of likely N-dealkylation sites (tertiary alicyclic amines) is 1. The third kappa shape index (κ3) is 3.09. The summed E-state index contributed by atoms with van der Waals surface area (Å²) in [6.07, 6.45) is 1.73. The van der Waals surface area contributed by atoms with Crippen molar-refractivity contribution in [3.8, 4) is 0 Å². The Balaban J connectivity index is 1.98. The summed E-state index contributed by atoms with van der Waals surface area (Å²) in [6, 6.07) is 4.76. The smallest absolute Gasteiger partial charge is 0.133 e. The van der Waals surface area contributed by atoms with Crippen LogP contribution in [-0.2, 0) is 11.3 Å². The van der Waals surface area contributed by atoms with E-state index in [-0.39, 0.29) is 17.5 Å². The van der Waals surface area contributed by atoms with E-state index in [9.17, 15) is 9.18 Å². The lowest BCUT2D eigenvalue weighted by Gasteiger charge is -2.31. The summed E-state index contributed by atoms with van der Waals surface area (Å²) in [6.45, 7) is 3.83. The van der Waals surface area contributed by atoms with Crippen molar-refractivity contribution in [1.82, 2.24) is 4.90 Å². The van der Waals surface area contributed by atoms with Gasteiger partial charge in [-0.3, -0.25) is 9.69 Å². The first kappa shape index (κ1) is 13.5. The lowest BCUT2D eigenvalue weighted by molar-refractivity contribution is -0.122. The largest absolute Gasteiger partial charge is 0.300 e. The van der Waals surface area contributed by atoms with Crippen LogP contribution in [0, 0.1) is 11.7 Å². The molecule has 4 heteroatoms. The second-order valence-corrected chi connectivity index (χ2v) is 5.27. The number of carbonyl (C=O) groups excluding carboxylic acids is 1. The number of rotatable bonds is 3. The molecular weight excluding hydrogens is 253 g/mol. The number of ketones is 1. The average Bonchev–Trinajstić information content (AvgIpc) is 2.34. The fourth-order valence-corrected chi connectivity index (χ4v) is 2.63. The predicted octanol–water partition coefficient (Wildman–Crippen LogP) is 3.28. The first-order valence-electron chi connectivity index (χ1n) is 6.23. The minimum atomic E-state index is -0.254. The number of nitrogens with zero attached hydrogens (tertiary/aromatic N) is 1. The van der Waals surface area contributed by atoms with Crippen molar-refractivity contribution < 1.29 is 9.18 Å². The highest BCUT2D eigenvalue weighted by Gasteiger charge is 2.23. The van der Waals surface area contributed by atoms with E-state index in [0.717, 1.165) is 25.9 Å². The third-order valence-electron chi connectivity index (χ3n) is 3.61. The van der Waals surface area contributed by atoms with Gasteiger partial charge in [-0.2, -0.15) is 0 Å². The van der Waals surface area contributed by atoms with Gasteiger partial charge in [0, 0.05) is 23.0 Å². The molecule has 1 aromatic rings. The molecule has 0 aliphatic carbocycles. The topological polar surface area (TPSA) is 20.3 Å². The first-order valence-corrected chi connectivity index (χ1v) is 6.61. The number of Topliss-reactive ketones (excluding diaryl/α,β-unsaturated/α-hetero) is 1. The average molecular weight is 270 g/mol. The van der Waals surface area contributed by atoms with Crippen LogP contribution in [0.25, 0.3) is 0 Å². The summed E-state index contributed by atoms with van der Waals surface area (Å²) >= 11 is 6.01. The lowest BCUT2D eigenvalue weighted by atomic mass is 9.93. The van der Waals surface area contributed by atoms with Gasteiger partial charge in [0.1, 0.15) is 11.6 Å². The molecule has 0 spiro atoms. The molecule has 0 atom stereocenters. The molecule has 1 aliphatic heterocycles. The molecule has 1 fully saturated rings. The van der Waals surface area contributed by atoms with E-state index in [1.54, 1.807) is 19.1 Å². The number of halogens is 2. The number of benzene rings is 1. The molecular formula is C14H17ClFNO. The quantitative estimate of drug-likeness (QED) is 0.839. The maximum absolute atomic E-state index is 13.6. The fraction of sp³-hybridized carbons (Fsp3) is 0.500. The van der Waals surface area contributed by atoms with Crippen LogP contribution in [0.15, 0.2) is 18.2 Å². The molecule has 0 N–H and O–H groups in total. The molecule has 0 aromatic heterocycles. The molecule has 0 bridgehead atoms. The van der Waals surface area contributed by atoms with E-state index in [4.69, 9.17) is 11.6 Å². The van der Waals surface area contributed by atoms with Crippen molar-refractivity contribution in [2.45, 2.75) is 26.3 Å². The van der Waals surface area contributed by atoms with E-state index in [0.29, 0.717) is 17.1 Å². The first-order chi connectivity index (χ1) is 8.58. The summed E-state index contributed by atoms with van der Waals surface area (Å²) in [5, 5.41) is 0.476. The highest BCUT2D eigenvalue weighted by molar-refractivity contribution is 6.31. The summed E-state index contributed by atoms with van der Waals surface area (Å²) < 4.78 is 13.6. The Morgan fingerprint density at radius 3 is 2.67 bits per heavy atom. The van der Waals surface area contributed by atoms with Crippen LogP contribution >= 0.6 is 11.6 Å². The minimum Gasteiger partial charge on any atom is -0.300 e. The Morgan fingerprint density at radius 1 is 1.44 bits per heavy atom. The molecule has 1 aromatic carbocycles. The van der Waals surface area contributed by atoms with Gasteiger partial charge in [-0.05, 0) is 45.0 Å². The van der Waals surface area contributed by atoms with Crippen molar-refractivity contribution >= 4 is 17.4 Å². The maximum Gasteiger partial charge on any atom is 0.133 e. The second-order valence-electron chi connectivity index (χ2n) is 4.86. The van der Waals surface area contributed by atoms with Crippen LogP contribution < -0.4 is 0 Å². The van der Waals surface area contributed by atoms with E-state index in [1.165, 1.54) is 6.07 Å². The Labute approximate surface area is 112 Å². The number of hydrogen-bond donors (Lipinski definition) is 0. The summed E-state index contributed by atoms with van der Waals surface area (Å²) in [4.78, 5) is 13.4. The van der Waals surface area contributed by atoms with Gasteiger partial charge in [-0.15, -0.1) is 0 Å². The number of hydrogen-bond acceptors (Lipinski definition) is 2. The van der Waals surface area contributed by atoms with Gasteiger partial charge in [0.15, 0.2) is 0 Å². The van der Waals surface area contributed by atoms with Crippen LogP contribution in [0.4, 0.5) is 4.39 Å². The van der Waals surface area contributed by atoms with E-state index in [1.807, 2.05) is 0 Å². The van der Waals surface area contributed by atoms with Gasteiger partial charge in [-0.1, -0.05) is 17.7 Å². The third-order valence-corrected chi connectivity index (χ3v) is 3.96. The SMILES string of the molecule is CC(=O)C1CCN(Cc2c(F)cccc2Cl)CC1. The van der Waals surface area contributed by atoms with Gasteiger partial charge in [0.25, 0.3) is 0 Å². The molecule has 18 heavy (non-hydrogen) atoms. The predicted molar refractivity (Wildman–Crippen MR) is 70.1 cm³/mol. The molecule has 2 rings (SSSR count). The number of carbonyl (C=O) groups is 1. The maximum atomic E-state index is 13.6. The van der Waals surface area contributed by atoms with Crippen LogP contribution in [0.5, 0.6) is 0 Å². The molecule has 0 radical (unpaired) electrons. The van der Waals surface area contributed by atoms with Crippen LogP contribution in [0.2, 0.25) is 5.02 Å². The molecule has 1 aliphatic rings. The summed E-state index contributed by atoms with van der Waals surface area (Å²) in [5.41, 5.74) is 0.556. The molecule has 0 saturated carbocycles.